The van der Waals surface area contributed by atoms with Crippen LogP contribution >= 0.6 is 0 Å². The number of unbranched alkanes of at least 4 members (excludes halogenated alkanes) is 9. The van der Waals surface area contributed by atoms with Gasteiger partial charge < -0.3 is 47.8 Å². The molecule has 0 amide bonds. The maximum atomic E-state index is 3.84. The van der Waals surface area contributed by atoms with Crippen molar-refractivity contribution in [3.05, 3.63) is 13.8 Å². The van der Waals surface area contributed by atoms with Crippen molar-refractivity contribution in [1.82, 2.24) is 0 Å². The predicted molar refractivity (Wildman–Crippen MR) is 68.4 cm³/mol. The molecule has 0 fully saturated rings. The number of hydrogen-bond donors (Lipinski definition) is 0. The Kier molecular flexibility index (Phi) is 59.2. The standard InChI is InChI=1S/C12H24.2BrH.2Mg/c1-3-5-7-9-11-12-10-8-6-4-2;;;;/h1-12H2;2*1H;;/q-2;;;2*+2/p-2. The Balaban J connectivity index is -0.000000101. The molecule has 0 atom stereocenters. The molecule has 0 heterocycles. The Morgan fingerprint density at radius 2 is 0.625 bits per heavy atom. The van der Waals surface area contributed by atoms with Gasteiger partial charge in [-0.1, -0.05) is 51.4 Å². The van der Waals surface area contributed by atoms with Gasteiger partial charge in [0.2, 0.25) is 0 Å². The third-order valence-corrected chi connectivity index (χ3v) is 2.25. The summed E-state index contributed by atoms with van der Waals surface area (Å²) in [5.41, 5.74) is 0. The van der Waals surface area contributed by atoms with Crippen molar-refractivity contribution in [2.45, 2.75) is 64.2 Å². The van der Waals surface area contributed by atoms with Gasteiger partial charge in [0.1, 0.15) is 0 Å². The Morgan fingerprint density at radius 1 is 0.438 bits per heavy atom. The van der Waals surface area contributed by atoms with Crippen LogP contribution in [0.3, 0.4) is 0 Å². The van der Waals surface area contributed by atoms with Crippen LogP contribution in [0.2, 0.25) is 0 Å². The molecule has 0 saturated carbocycles. The van der Waals surface area contributed by atoms with Gasteiger partial charge in [-0.2, -0.15) is 12.8 Å². The van der Waals surface area contributed by atoms with E-state index in [4.69, 9.17) is 0 Å². The van der Waals surface area contributed by atoms with Crippen molar-refractivity contribution in [3.63, 3.8) is 0 Å². The summed E-state index contributed by atoms with van der Waals surface area (Å²) in [5, 5.41) is 0. The fraction of sp³-hybridized carbons (Fsp3) is 0.833. The monoisotopic (exact) mass is 374 g/mol. The molecule has 90 valence electrons. The maximum absolute atomic E-state index is 3.84. The van der Waals surface area contributed by atoms with Crippen LogP contribution in [0.4, 0.5) is 0 Å². The molecule has 16 heavy (non-hydrogen) atoms. The van der Waals surface area contributed by atoms with Crippen molar-refractivity contribution >= 4 is 46.1 Å². The Bertz CT molecular complexity index is 73.4. The Hall–Kier alpha value is 2.49. The van der Waals surface area contributed by atoms with Gasteiger partial charge in [-0.15, -0.1) is 0 Å². The normalized spacial score (nSPS) is 7.88. The quantitative estimate of drug-likeness (QED) is 0.243. The summed E-state index contributed by atoms with van der Waals surface area (Å²) in [7, 11) is 0. The molecule has 0 aromatic rings. The first-order valence-electron chi connectivity index (χ1n) is 5.50. The molecule has 0 saturated heterocycles. The molecule has 0 unspecified atom stereocenters. The smallest absolute Gasteiger partial charge is 1.00 e. The molecular weight excluding hydrogens is 353 g/mol. The minimum Gasteiger partial charge on any atom is -1.00 e. The van der Waals surface area contributed by atoms with Crippen LogP contribution in [0.1, 0.15) is 64.2 Å². The Morgan fingerprint density at radius 3 is 0.812 bits per heavy atom. The van der Waals surface area contributed by atoms with Crippen LogP contribution in [0, 0.1) is 13.8 Å². The van der Waals surface area contributed by atoms with Crippen molar-refractivity contribution < 1.29 is 34.0 Å². The molecule has 4 heteroatoms. The summed E-state index contributed by atoms with van der Waals surface area (Å²) in [6.45, 7) is 7.67. The second kappa shape index (κ2) is 30.5. The molecule has 0 aromatic heterocycles. The van der Waals surface area contributed by atoms with E-state index in [1.54, 1.807) is 0 Å². The van der Waals surface area contributed by atoms with Crippen LogP contribution in [-0.4, -0.2) is 46.1 Å². The summed E-state index contributed by atoms with van der Waals surface area (Å²) in [5.74, 6) is 0. The first-order chi connectivity index (χ1) is 5.91. The summed E-state index contributed by atoms with van der Waals surface area (Å²) in [6.07, 6.45) is 13.3. The van der Waals surface area contributed by atoms with E-state index in [0.29, 0.717) is 0 Å². The van der Waals surface area contributed by atoms with Gasteiger partial charge in [0.25, 0.3) is 0 Å². The van der Waals surface area contributed by atoms with Gasteiger partial charge in [0.05, 0.1) is 0 Å². The van der Waals surface area contributed by atoms with E-state index in [9.17, 15) is 0 Å². The largest absolute Gasteiger partial charge is 2.00 e. The van der Waals surface area contributed by atoms with E-state index < -0.39 is 0 Å². The molecular formula is C12H24Br2Mg2. The Labute approximate surface area is 156 Å². The SMILES string of the molecule is [Br-].[Br-].[CH2-]CCCCCCCCCC[CH2-].[Mg+2].[Mg+2]. The fourth-order valence-corrected chi connectivity index (χ4v) is 1.41. The van der Waals surface area contributed by atoms with Crippen molar-refractivity contribution in [2.75, 3.05) is 0 Å². The van der Waals surface area contributed by atoms with Crippen molar-refractivity contribution in [3.8, 4) is 0 Å². The molecule has 0 aromatic carbocycles. The molecule has 0 nitrogen and oxygen atoms in total. The fourth-order valence-electron chi connectivity index (χ4n) is 1.41. The average molecular weight is 377 g/mol. The van der Waals surface area contributed by atoms with Gasteiger partial charge in [0, 0.05) is 0 Å². The number of halogens is 2. The van der Waals surface area contributed by atoms with E-state index in [0.717, 1.165) is 12.8 Å². The summed E-state index contributed by atoms with van der Waals surface area (Å²) in [6, 6.07) is 0. The second-order valence-electron chi connectivity index (χ2n) is 3.54. The zero-order valence-corrected chi connectivity index (χ0v) is 16.7. The van der Waals surface area contributed by atoms with E-state index in [1.165, 1.54) is 51.4 Å². The molecule has 0 aliphatic carbocycles. The third kappa shape index (κ3) is 30.0. The molecule has 0 radical (unpaired) electrons. The zero-order chi connectivity index (χ0) is 9.07. The van der Waals surface area contributed by atoms with Crippen LogP contribution in [-0.2, 0) is 0 Å². The van der Waals surface area contributed by atoms with Crippen LogP contribution in [0.15, 0.2) is 0 Å². The van der Waals surface area contributed by atoms with Crippen molar-refractivity contribution in [2.24, 2.45) is 0 Å². The second-order valence-corrected chi connectivity index (χ2v) is 3.54. The topological polar surface area (TPSA) is 0 Å². The molecule has 0 spiro atoms. The van der Waals surface area contributed by atoms with Gasteiger partial charge in [-0.3, -0.25) is 0 Å². The molecule has 0 aliphatic rings. The van der Waals surface area contributed by atoms with Gasteiger partial charge in [0.15, 0.2) is 0 Å². The van der Waals surface area contributed by atoms with E-state index in [2.05, 4.69) is 13.8 Å². The minimum absolute atomic E-state index is 0. The average Bonchev–Trinajstić information content (AvgIpc) is 2.10. The van der Waals surface area contributed by atoms with Crippen LogP contribution < -0.4 is 34.0 Å². The molecule has 0 rings (SSSR count). The van der Waals surface area contributed by atoms with Crippen LogP contribution in [0.25, 0.3) is 0 Å². The van der Waals surface area contributed by atoms with Gasteiger partial charge in [-0.25, -0.2) is 0 Å². The first kappa shape index (κ1) is 31.1. The minimum atomic E-state index is 0. The van der Waals surface area contributed by atoms with Crippen molar-refractivity contribution in [1.29, 1.82) is 0 Å². The van der Waals surface area contributed by atoms with Gasteiger partial charge in [-0.05, 0) is 0 Å². The number of rotatable bonds is 9. The zero-order valence-electron chi connectivity index (χ0n) is 10.7. The summed E-state index contributed by atoms with van der Waals surface area (Å²) in [4.78, 5) is 0. The summed E-state index contributed by atoms with van der Waals surface area (Å²) >= 11 is 0. The van der Waals surface area contributed by atoms with Crippen LogP contribution in [0.5, 0.6) is 0 Å². The maximum Gasteiger partial charge on any atom is 2.00 e. The number of hydrogen-bond acceptors (Lipinski definition) is 0. The summed E-state index contributed by atoms with van der Waals surface area (Å²) < 4.78 is 0. The van der Waals surface area contributed by atoms with E-state index in [1.807, 2.05) is 0 Å². The van der Waals surface area contributed by atoms with E-state index >= 15 is 0 Å². The third-order valence-electron chi connectivity index (χ3n) is 2.25. The molecule has 0 N–H and O–H groups in total. The predicted octanol–water partition coefficient (Wildman–Crippen LogP) is -2.20. The molecule has 0 aliphatic heterocycles. The van der Waals surface area contributed by atoms with Gasteiger partial charge >= 0.3 is 46.1 Å². The van der Waals surface area contributed by atoms with E-state index in [-0.39, 0.29) is 80.1 Å². The molecule has 0 bridgehead atoms. The first-order valence-corrected chi connectivity index (χ1v) is 5.50.